The van der Waals surface area contributed by atoms with Gasteiger partial charge in [-0.2, -0.15) is 5.26 Å². The van der Waals surface area contributed by atoms with Crippen molar-refractivity contribution in [2.24, 2.45) is 4.99 Å². The van der Waals surface area contributed by atoms with Crippen LogP contribution in [-0.2, 0) is 0 Å². The molecule has 0 amide bonds. The lowest BCUT2D eigenvalue weighted by Gasteiger charge is -2.11. The van der Waals surface area contributed by atoms with Crippen LogP contribution < -0.4 is 10.6 Å². The summed E-state index contributed by atoms with van der Waals surface area (Å²) in [7, 11) is 0. The Kier molecular flexibility index (Phi) is 1.91. The number of guanidine groups is 1. The van der Waals surface area contributed by atoms with Gasteiger partial charge in [0.1, 0.15) is 0 Å². The average Bonchev–Trinajstić information content (AvgIpc) is 1.91. The van der Waals surface area contributed by atoms with Gasteiger partial charge >= 0.3 is 0 Å². The highest BCUT2D eigenvalue weighted by molar-refractivity contribution is 5.81. The summed E-state index contributed by atoms with van der Waals surface area (Å²) in [6, 6.07) is 0. The molecule has 0 unspecified atom stereocenters. The van der Waals surface area contributed by atoms with E-state index in [2.05, 4.69) is 15.6 Å². The minimum Gasteiger partial charge on any atom is -0.356 e. The molecule has 1 aliphatic heterocycles. The van der Waals surface area contributed by atoms with Gasteiger partial charge in [0, 0.05) is 13.1 Å². The molecular weight excluding hydrogens is 116 g/mol. The summed E-state index contributed by atoms with van der Waals surface area (Å²) in [6.45, 7) is 1.73. The SMILES string of the molecule is N#CNC1=NCCCN1. The topological polar surface area (TPSA) is 60.2 Å². The summed E-state index contributed by atoms with van der Waals surface area (Å²) in [4.78, 5) is 3.99. The molecule has 0 fully saturated rings. The first-order valence-electron chi connectivity index (χ1n) is 2.87. The first-order chi connectivity index (χ1) is 4.43. The zero-order valence-corrected chi connectivity index (χ0v) is 5.02. The van der Waals surface area contributed by atoms with E-state index in [9.17, 15) is 0 Å². The van der Waals surface area contributed by atoms with Crippen molar-refractivity contribution in [2.75, 3.05) is 13.1 Å². The Balaban J connectivity index is 2.39. The fourth-order valence-electron chi connectivity index (χ4n) is 0.669. The third-order valence-corrected chi connectivity index (χ3v) is 1.07. The van der Waals surface area contributed by atoms with Gasteiger partial charge < -0.3 is 5.32 Å². The molecule has 0 atom stereocenters. The molecule has 1 rings (SSSR count). The van der Waals surface area contributed by atoms with E-state index in [1.807, 2.05) is 0 Å². The van der Waals surface area contributed by atoms with Crippen LogP contribution in [-0.4, -0.2) is 19.0 Å². The van der Waals surface area contributed by atoms with Gasteiger partial charge in [0.2, 0.25) is 5.96 Å². The molecule has 1 heterocycles. The maximum atomic E-state index is 8.14. The molecule has 1 aliphatic rings. The molecule has 9 heavy (non-hydrogen) atoms. The Labute approximate surface area is 53.6 Å². The van der Waals surface area contributed by atoms with Crippen molar-refractivity contribution in [1.82, 2.24) is 10.6 Å². The normalized spacial score (nSPS) is 17.0. The van der Waals surface area contributed by atoms with Crippen molar-refractivity contribution in [1.29, 1.82) is 5.26 Å². The first-order valence-corrected chi connectivity index (χ1v) is 2.87. The molecule has 0 spiro atoms. The summed E-state index contributed by atoms with van der Waals surface area (Å²) >= 11 is 0. The van der Waals surface area contributed by atoms with Gasteiger partial charge in [-0.25, -0.2) is 0 Å². The van der Waals surface area contributed by atoms with Crippen molar-refractivity contribution in [3.8, 4) is 6.19 Å². The molecule has 4 nitrogen and oxygen atoms in total. The summed E-state index contributed by atoms with van der Waals surface area (Å²) in [5, 5.41) is 13.5. The molecule has 0 bridgehead atoms. The van der Waals surface area contributed by atoms with E-state index in [4.69, 9.17) is 5.26 Å². The third kappa shape index (κ3) is 1.61. The quantitative estimate of drug-likeness (QED) is 0.335. The number of nitrogens with one attached hydrogen (secondary N) is 2. The second-order valence-electron chi connectivity index (χ2n) is 1.75. The maximum Gasteiger partial charge on any atom is 0.204 e. The van der Waals surface area contributed by atoms with E-state index in [0.717, 1.165) is 19.5 Å². The Hall–Kier alpha value is -1.24. The molecule has 0 aromatic heterocycles. The lowest BCUT2D eigenvalue weighted by molar-refractivity contribution is 0.725. The highest BCUT2D eigenvalue weighted by Gasteiger charge is 1.99. The molecule has 0 saturated carbocycles. The van der Waals surface area contributed by atoms with Crippen LogP contribution in [0.15, 0.2) is 4.99 Å². The Bertz CT molecular complexity index is 155. The lowest BCUT2D eigenvalue weighted by Crippen LogP contribution is -2.38. The van der Waals surface area contributed by atoms with Crippen molar-refractivity contribution in [3.05, 3.63) is 0 Å². The Morgan fingerprint density at radius 3 is 3.22 bits per heavy atom. The largest absolute Gasteiger partial charge is 0.356 e. The second kappa shape index (κ2) is 2.92. The lowest BCUT2D eigenvalue weighted by atomic mass is 10.4. The van der Waals surface area contributed by atoms with Crippen LogP contribution in [0.4, 0.5) is 0 Å². The molecule has 0 radical (unpaired) electrons. The molecule has 0 aromatic carbocycles. The van der Waals surface area contributed by atoms with Crippen LogP contribution in [0, 0.1) is 11.5 Å². The number of rotatable bonds is 0. The number of hydrogen-bond donors (Lipinski definition) is 2. The Morgan fingerprint density at radius 2 is 2.67 bits per heavy atom. The second-order valence-corrected chi connectivity index (χ2v) is 1.75. The van der Waals surface area contributed by atoms with E-state index >= 15 is 0 Å². The summed E-state index contributed by atoms with van der Waals surface area (Å²) in [5.74, 6) is 0.601. The number of hydrogen-bond acceptors (Lipinski definition) is 4. The first kappa shape index (κ1) is 5.89. The van der Waals surface area contributed by atoms with Gasteiger partial charge in [0.05, 0.1) is 0 Å². The predicted molar refractivity (Wildman–Crippen MR) is 33.7 cm³/mol. The van der Waals surface area contributed by atoms with E-state index in [0.29, 0.717) is 5.96 Å². The van der Waals surface area contributed by atoms with Gasteiger partial charge in [-0.1, -0.05) is 0 Å². The van der Waals surface area contributed by atoms with E-state index in [1.165, 1.54) is 0 Å². The predicted octanol–water partition coefficient (Wildman–Crippen LogP) is -0.594. The summed E-state index contributed by atoms with van der Waals surface area (Å²) in [6.07, 6.45) is 2.85. The monoisotopic (exact) mass is 124 g/mol. The molecule has 48 valence electrons. The minimum absolute atomic E-state index is 0.601. The molecule has 0 aromatic rings. The fourth-order valence-corrected chi connectivity index (χ4v) is 0.669. The number of nitriles is 1. The van der Waals surface area contributed by atoms with Crippen LogP contribution in [0.25, 0.3) is 0 Å². The van der Waals surface area contributed by atoms with Crippen molar-refractivity contribution >= 4 is 5.96 Å². The van der Waals surface area contributed by atoms with Gasteiger partial charge in [0.25, 0.3) is 0 Å². The standard InChI is InChI=1S/C5H8N4/c6-4-9-5-7-2-1-3-8-5/h1-3H2,(H2,7,8,9). The van der Waals surface area contributed by atoms with Crippen molar-refractivity contribution < 1.29 is 0 Å². The maximum absolute atomic E-state index is 8.14. The van der Waals surface area contributed by atoms with E-state index in [1.54, 1.807) is 6.19 Å². The van der Waals surface area contributed by atoms with Crippen LogP contribution in [0.3, 0.4) is 0 Å². The zero-order chi connectivity index (χ0) is 6.53. The van der Waals surface area contributed by atoms with E-state index in [-0.39, 0.29) is 0 Å². The number of aliphatic imine (C=N–C) groups is 1. The molecule has 2 N–H and O–H groups in total. The van der Waals surface area contributed by atoms with Crippen LogP contribution in [0.2, 0.25) is 0 Å². The highest BCUT2D eigenvalue weighted by Crippen LogP contribution is 1.85. The molecule has 0 aliphatic carbocycles. The van der Waals surface area contributed by atoms with E-state index < -0.39 is 0 Å². The Morgan fingerprint density at radius 1 is 1.78 bits per heavy atom. The smallest absolute Gasteiger partial charge is 0.204 e. The van der Waals surface area contributed by atoms with Crippen molar-refractivity contribution in [3.63, 3.8) is 0 Å². The van der Waals surface area contributed by atoms with Gasteiger partial charge in [0.15, 0.2) is 6.19 Å². The third-order valence-electron chi connectivity index (χ3n) is 1.07. The minimum atomic E-state index is 0.601. The molecule has 4 heteroatoms. The van der Waals surface area contributed by atoms with Gasteiger partial charge in [-0.15, -0.1) is 0 Å². The summed E-state index contributed by atoms with van der Waals surface area (Å²) in [5.41, 5.74) is 0. The summed E-state index contributed by atoms with van der Waals surface area (Å²) < 4.78 is 0. The van der Waals surface area contributed by atoms with Crippen molar-refractivity contribution in [2.45, 2.75) is 6.42 Å². The van der Waals surface area contributed by atoms with Gasteiger partial charge in [-0.3, -0.25) is 10.3 Å². The molecular formula is C5H8N4. The highest BCUT2D eigenvalue weighted by atomic mass is 15.2. The number of nitrogens with zero attached hydrogens (tertiary/aromatic N) is 2. The van der Waals surface area contributed by atoms with Crippen LogP contribution in [0.5, 0.6) is 0 Å². The van der Waals surface area contributed by atoms with Crippen LogP contribution in [0.1, 0.15) is 6.42 Å². The molecule has 0 saturated heterocycles. The average molecular weight is 124 g/mol. The van der Waals surface area contributed by atoms with Gasteiger partial charge in [-0.05, 0) is 6.42 Å². The van der Waals surface area contributed by atoms with Crippen LogP contribution >= 0.6 is 0 Å². The zero-order valence-electron chi connectivity index (χ0n) is 5.02. The fraction of sp³-hybridized carbons (Fsp3) is 0.600.